The predicted molar refractivity (Wildman–Crippen MR) is 71.2 cm³/mol. The molecular weight excluding hydrogens is 267 g/mol. The van der Waals surface area contributed by atoms with Crippen LogP contribution in [0, 0.1) is 11.8 Å². The van der Waals surface area contributed by atoms with E-state index in [2.05, 4.69) is 11.7 Å². The maximum atomic E-state index is 12.5. The van der Waals surface area contributed by atoms with Crippen LogP contribution in [0.5, 0.6) is 5.75 Å². The molecule has 0 aliphatic heterocycles. The third kappa shape index (κ3) is 2.92. The lowest BCUT2D eigenvalue weighted by Gasteiger charge is -2.44. The number of hydrogen-bond donors (Lipinski definition) is 1. The van der Waals surface area contributed by atoms with Gasteiger partial charge in [0.05, 0.1) is 0 Å². The standard InChI is InChI=1S/C15H20F3NO/c1-10-6-5-9-14(19,11(10)2)12-7-3-4-8-13(12)20-15(16,17)18/h3-4,7-8,10-11H,5-6,9,19H2,1-2H3. The molecule has 3 atom stereocenters. The quantitative estimate of drug-likeness (QED) is 0.885. The van der Waals surface area contributed by atoms with Crippen LogP contribution < -0.4 is 10.5 Å². The van der Waals surface area contributed by atoms with E-state index in [0.717, 1.165) is 12.8 Å². The highest BCUT2D eigenvalue weighted by Gasteiger charge is 2.42. The van der Waals surface area contributed by atoms with Gasteiger partial charge in [0.15, 0.2) is 0 Å². The Morgan fingerprint density at radius 1 is 1.25 bits per heavy atom. The summed E-state index contributed by atoms with van der Waals surface area (Å²) in [5.41, 5.74) is 6.18. The number of alkyl halides is 3. The van der Waals surface area contributed by atoms with E-state index in [9.17, 15) is 13.2 Å². The second-order valence-electron chi connectivity index (χ2n) is 5.74. The molecule has 0 heterocycles. The molecule has 3 unspecified atom stereocenters. The third-order valence-corrected chi connectivity index (χ3v) is 4.53. The number of para-hydroxylation sites is 1. The van der Waals surface area contributed by atoms with Crippen molar-refractivity contribution in [2.24, 2.45) is 17.6 Å². The predicted octanol–water partition coefficient (Wildman–Crippen LogP) is 4.20. The number of halogens is 3. The highest BCUT2D eigenvalue weighted by molar-refractivity contribution is 5.40. The summed E-state index contributed by atoms with van der Waals surface area (Å²) in [6.07, 6.45) is -2.04. The molecular formula is C15H20F3NO. The van der Waals surface area contributed by atoms with Crippen molar-refractivity contribution in [1.29, 1.82) is 0 Å². The van der Waals surface area contributed by atoms with Crippen molar-refractivity contribution >= 4 is 0 Å². The molecule has 1 aliphatic rings. The lowest BCUT2D eigenvalue weighted by atomic mass is 9.65. The van der Waals surface area contributed by atoms with Crippen LogP contribution in [0.3, 0.4) is 0 Å². The van der Waals surface area contributed by atoms with Gasteiger partial charge in [0, 0.05) is 11.1 Å². The van der Waals surface area contributed by atoms with Gasteiger partial charge in [-0.1, -0.05) is 44.9 Å². The molecule has 0 bridgehead atoms. The summed E-state index contributed by atoms with van der Waals surface area (Å²) in [5.74, 6) is 0.311. The first-order valence-electron chi connectivity index (χ1n) is 6.88. The first kappa shape index (κ1) is 15.2. The maximum absolute atomic E-state index is 12.5. The molecule has 0 saturated heterocycles. The first-order valence-corrected chi connectivity index (χ1v) is 6.88. The van der Waals surface area contributed by atoms with E-state index in [1.54, 1.807) is 12.1 Å². The van der Waals surface area contributed by atoms with E-state index in [4.69, 9.17) is 5.73 Å². The van der Waals surface area contributed by atoms with Crippen molar-refractivity contribution in [3.63, 3.8) is 0 Å². The molecule has 2 nitrogen and oxygen atoms in total. The molecule has 2 N–H and O–H groups in total. The second-order valence-corrected chi connectivity index (χ2v) is 5.74. The Morgan fingerprint density at radius 3 is 2.55 bits per heavy atom. The Kier molecular flexibility index (Phi) is 4.00. The van der Waals surface area contributed by atoms with E-state index in [-0.39, 0.29) is 11.7 Å². The topological polar surface area (TPSA) is 35.2 Å². The fourth-order valence-corrected chi connectivity index (χ4v) is 3.15. The summed E-state index contributed by atoms with van der Waals surface area (Å²) in [6, 6.07) is 6.23. The van der Waals surface area contributed by atoms with Crippen LogP contribution in [0.1, 0.15) is 38.7 Å². The van der Waals surface area contributed by atoms with E-state index >= 15 is 0 Å². The van der Waals surface area contributed by atoms with Crippen molar-refractivity contribution in [2.75, 3.05) is 0 Å². The monoisotopic (exact) mass is 287 g/mol. The van der Waals surface area contributed by atoms with Crippen molar-refractivity contribution in [3.05, 3.63) is 29.8 Å². The first-order chi connectivity index (χ1) is 9.24. The van der Waals surface area contributed by atoms with Crippen molar-refractivity contribution in [2.45, 2.75) is 45.0 Å². The van der Waals surface area contributed by atoms with Gasteiger partial charge in [-0.05, 0) is 24.3 Å². The van der Waals surface area contributed by atoms with Crippen molar-refractivity contribution < 1.29 is 17.9 Å². The van der Waals surface area contributed by atoms with Crippen LogP contribution in [0.2, 0.25) is 0 Å². The number of hydrogen-bond acceptors (Lipinski definition) is 2. The summed E-state index contributed by atoms with van der Waals surface area (Å²) >= 11 is 0. The van der Waals surface area contributed by atoms with E-state index in [0.29, 0.717) is 17.9 Å². The summed E-state index contributed by atoms with van der Waals surface area (Å²) in [6.45, 7) is 4.10. The van der Waals surface area contributed by atoms with E-state index in [1.165, 1.54) is 12.1 Å². The summed E-state index contributed by atoms with van der Waals surface area (Å²) in [7, 11) is 0. The lowest BCUT2D eigenvalue weighted by molar-refractivity contribution is -0.275. The molecule has 0 radical (unpaired) electrons. The largest absolute Gasteiger partial charge is 0.573 e. The lowest BCUT2D eigenvalue weighted by Crippen LogP contribution is -2.48. The Morgan fingerprint density at radius 2 is 1.90 bits per heavy atom. The second kappa shape index (κ2) is 5.28. The van der Waals surface area contributed by atoms with Crippen LogP contribution in [0.25, 0.3) is 0 Å². The minimum absolute atomic E-state index is 0.106. The molecule has 5 heteroatoms. The van der Waals surface area contributed by atoms with Crippen LogP contribution >= 0.6 is 0 Å². The highest BCUT2D eigenvalue weighted by Crippen LogP contribution is 2.46. The van der Waals surface area contributed by atoms with Crippen LogP contribution in [0.15, 0.2) is 24.3 Å². The highest BCUT2D eigenvalue weighted by atomic mass is 19.4. The number of ether oxygens (including phenoxy) is 1. The SMILES string of the molecule is CC1CCCC(N)(c2ccccc2OC(F)(F)F)C1C. The molecule has 112 valence electrons. The number of nitrogens with two attached hydrogens (primary N) is 1. The molecule has 0 amide bonds. The minimum Gasteiger partial charge on any atom is -0.405 e. The van der Waals surface area contributed by atoms with E-state index < -0.39 is 11.9 Å². The van der Waals surface area contributed by atoms with Crippen LogP contribution in [-0.2, 0) is 5.54 Å². The average molecular weight is 287 g/mol. The molecule has 2 rings (SSSR count). The van der Waals surface area contributed by atoms with Gasteiger partial charge in [-0.3, -0.25) is 0 Å². The zero-order valence-electron chi connectivity index (χ0n) is 11.7. The van der Waals surface area contributed by atoms with Gasteiger partial charge in [0.25, 0.3) is 0 Å². The zero-order chi connectivity index (χ0) is 15.0. The van der Waals surface area contributed by atoms with Gasteiger partial charge in [0.2, 0.25) is 0 Å². The molecule has 1 aromatic carbocycles. The molecule has 20 heavy (non-hydrogen) atoms. The maximum Gasteiger partial charge on any atom is 0.573 e. The zero-order valence-corrected chi connectivity index (χ0v) is 11.7. The fourth-order valence-electron chi connectivity index (χ4n) is 3.15. The number of rotatable bonds is 2. The van der Waals surface area contributed by atoms with Crippen LogP contribution in [0.4, 0.5) is 13.2 Å². The summed E-state index contributed by atoms with van der Waals surface area (Å²) in [4.78, 5) is 0. The average Bonchev–Trinajstić information content (AvgIpc) is 2.34. The van der Waals surface area contributed by atoms with Gasteiger partial charge < -0.3 is 10.5 Å². The van der Waals surface area contributed by atoms with Gasteiger partial charge >= 0.3 is 6.36 Å². The third-order valence-electron chi connectivity index (χ3n) is 4.53. The Labute approximate surface area is 117 Å². The molecule has 1 fully saturated rings. The van der Waals surface area contributed by atoms with Gasteiger partial charge in [-0.2, -0.15) is 0 Å². The molecule has 0 spiro atoms. The molecule has 0 aromatic heterocycles. The fraction of sp³-hybridized carbons (Fsp3) is 0.600. The molecule has 1 aromatic rings. The summed E-state index contributed by atoms with van der Waals surface area (Å²) in [5, 5.41) is 0. The Balaban J connectivity index is 2.41. The van der Waals surface area contributed by atoms with Crippen molar-refractivity contribution in [1.82, 2.24) is 0 Å². The van der Waals surface area contributed by atoms with E-state index in [1.807, 2.05) is 6.92 Å². The molecule has 1 saturated carbocycles. The smallest absolute Gasteiger partial charge is 0.405 e. The van der Waals surface area contributed by atoms with Gasteiger partial charge in [0.1, 0.15) is 5.75 Å². The van der Waals surface area contributed by atoms with Crippen molar-refractivity contribution in [3.8, 4) is 5.75 Å². The number of benzene rings is 1. The van der Waals surface area contributed by atoms with Gasteiger partial charge in [-0.15, -0.1) is 13.2 Å². The summed E-state index contributed by atoms with van der Waals surface area (Å²) < 4.78 is 41.7. The minimum atomic E-state index is -4.70. The van der Waals surface area contributed by atoms with Crippen LogP contribution in [-0.4, -0.2) is 6.36 Å². The Hall–Kier alpha value is -1.23. The Bertz CT molecular complexity index is 474. The molecule has 1 aliphatic carbocycles. The van der Waals surface area contributed by atoms with Gasteiger partial charge in [-0.25, -0.2) is 0 Å². The normalized spacial score (nSPS) is 31.1.